The SMILES string of the molecule is COc1ccc(-c2c(C)n[nH]c2C)c(C(=O)N2CCC(c3nc(-c4c(-c5ccccc5)noc4C)cs3)CC2)c1. The maximum Gasteiger partial charge on any atom is 0.254 e. The van der Waals surface area contributed by atoms with Gasteiger partial charge >= 0.3 is 0 Å². The molecule has 40 heavy (non-hydrogen) atoms. The standard InChI is InChI=1S/C31H31N5O3S/c1-18-27(19(2)34-33-18)24-11-10-23(38-4)16-25(24)31(37)36-14-12-22(13-15-36)30-32-26(17-40-30)28-20(3)39-35-29(28)21-8-6-5-7-9-21/h5-11,16-17,22H,12-15H2,1-4H3,(H,33,34). The van der Waals surface area contributed by atoms with Crippen LogP contribution in [-0.2, 0) is 0 Å². The Morgan fingerprint density at radius 2 is 1.85 bits per heavy atom. The van der Waals surface area contributed by atoms with Crippen molar-refractivity contribution in [3.05, 3.63) is 81.6 Å². The van der Waals surface area contributed by atoms with Crippen LogP contribution in [0.25, 0.3) is 33.6 Å². The Hall–Kier alpha value is -4.24. The van der Waals surface area contributed by atoms with E-state index in [1.165, 1.54) is 0 Å². The second-order valence-corrected chi connectivity index (χ2v) is 11.1. The minimum absolute atomic E-state index is 0.0137. The molecule has 1 fully saturated rings. The van der Waals surface area contributed by atoms with E-state index in [1.807, 2.05) is 74.2 Å². The molecule has 0 bridgehead atoms. The molecule has 204 valence electrons. The molecule has 3 aromatic heterocycles. The zero-order chi connectivity index (χ0) is 27.8. The van der Waals surface area contributed by atoms with E-state index < -0.39 is 0 Å². The molecule has 1 N–H and O–H groups in total. The molecular weight excluding hydrogens is 522 g/mol. The summed E-state index contributed by atoms with van der Waals surface area (Å²) >= 11 is 1.67. The van der Waals surface area contributed by atoms with Gasteiger partial charge in [-0.05, 0) is 57.4 Å². The largest absolute Gasteiger partial charge is 0.497 e. The zero-order valence-corrected chi connectivity index (χ0v) is 23.8. The number of amides is 1. The number of rotatable bonds is 6. The number of likely N-dealkylation sites (tertiary alicyclic amines) is 1. The van der Waals surface area contributed by atoms with Crippen LogP contribution in [0.1, 0.15) is 51.3 Å². The second-order valence-electron chi connectivity index (χ2n) is 10.2. The number of nitrogens with zero attached hydrogens (tertiary/aromatic N) is 4. The molecule has 2 aromatic carbocycles. The van der Waals surface area contributed by atoms with E-state index in [1.54, 1.807) is 18.4 Å². The monoisotopic (exact) mass is 553 g/mol. The van der Waals surface area contributed by atoms with Crippen molar-refractivity contribution in [1.29, 1.82) is 0 Å². The summed E-state index contributed by atoms with van der Waals surface area (Å²) in [4.78, 5) is 20.8. The smallest absolute Gasteiger partial charge is 0.254 e. The molecule has 1 aliphatic heterocycles. The average molecular weight is 554 g/mol. The predicted octanol–water partition coefficient (Wildman–Crippen LogP) is 6.81. The van der Waals surface area contributed by atoms with Crippen molar-refractivity contribution in [2.24, 2.45) is 0 Å². The quantitative estimate of drug-likeness (QED) is 0.248. The van der Waals surface area contributed by atoms with Gasteiger partial charge in [0.1, 0.15) is 17.2 Å². The Morgan fingerprint density at radius 3 is 2.55 bits per heavy atom. The summed E-state index contributed by atoms with van der Waals surface area (Å²) in [6, 6.07) is 15.7. The topological polar surface area (TPSA) is 97.1 Å². The normalized spacial score (nSPS) is 14.1. The first-order chi connectivity index (χ1) is 19.4. The van der Waals surface area contributed by atoms with Gasteiger partial charge in [0.2, 0.25) is 0 Å². The van der Waals surface area contributed by atoms with Crippen LogP contribution < -0.4 is 4.74 Å². The average Bonchev–Trinajstić information content (AvgIpc) is 3.71. The number of aryl methyl sites for hydroxylation is 3. The minimum atomic E-state index is 0.0137. The number of hydrogen-bond acceptors (Lipinski definition) is 7. The van der Waals surface area contributed by atoms with Gasteiger partial charge in [0, 0.05) is 41.2 Å². The van der Waals surface area contributed by atoms with Gasteiger partial charge in [0.15, 0.2) is 0 Å². The highest BCUT2D eigenvalue weighted by Crippen LogP contribution is 2.39. The number of thiazole rings is 1. The lowest BCUT2D eigenvalue weighted by molar-refractivity contribution is 0.0713. The van der Waals surface area contributed by atoms with Gasteiger partial charge in [-0.25, -0.2) is 4.98 Å². The van der Waals surface area contributed by atoms with Gasteiger partial charge in [-0.1, -0.05) is 35.5 Å². The molecule has 4 heterocycles. The van der Waals surface area contributed by atoms with Crippen LogP contribution in [0.15, 0.2) is 58.4 Å². The Labute approximate surface area is 237 Å². The Balaban J connectivity index is 1.21. The second kappa shape index (κ2) is 10.7. The lowest BCUT2D eigenvalue weighted by Gasteiger charge is -2.31. The number of carbonyl (C=O) groups excluding carboxylic acids is 1. The van der Waals surface area contributed by atoms with Crippen LogP contribution >= 0.6 is 11.3 Å². The van der Waals surface area contributed by atoms with E-state index in [0.29, 0.717) is 30.3 Å². The molecule has 1 aliphatic rings. The van der Waals surface area contributed by atoms with Gasteiger partial charge in [-0.15, -0.1) is 11.3 Å². The molecule has 6 rings (SSSR count). The van der Waals surface area contributed by atoms with Gasteiger partial charge < -0.3 is 14.2 Å². The van der Waals surface area contributed by atoms with Crippen LogP contribution in [0.2, 0.25) is 0 Å². The third-order valence-corrected chi connectivity index (χ3v) is 8.68. The summed E-state index contributed by atoms with van der Waals surface area (Å²) in [5.41, 5.74) is 7.94. The minimum Gasteiger partial charge on any atom is -0.497 e. The van der Waals surface area contributed by atoms with Crippen LogP contribution in [0.5, 0.6) is 5.75 Å². The summed E-state index contributed by atoms with van der Waals surface area (Å²) in [7, 11) is 1.62. The van der Waals surface area contributed by atoms with E-state index >= 15 is 0 Å². The predicted molar refractivity (Wildman–Crippen MR) is 156 cm³/mol. The third-order valence-electron chi connectivity index (χ3n) is 7.67. The van der Waals surface area contributed by atoms with Crippen molar-refractivity contribution in [3.63, 3.8) is 0 Å². The first kappa shape index (κ1) is 26.0. The van der Waals surface area contributed by atoms with Crippen molar-refractivity contribution in [3.8, 4) is 39.4 Å². The maximum atomic E-state index is 13.8. The number of ether oxygens (including phenoxy) is 1. The van der Waals surface area contributed by atoms with Crippen LogP contribution in [0, 0.1) is 20.8 Å². The first-order valence-electron chi connectivity index (χ1n) is 13.4. The number of aromatic nitrogens is 4. The molecule has 1 amide bonds. The van der Waals surface area contributed by atoms with Gasteiger partial charge in [0.05, 0.1) is 34.6 Å². The molecule has 0 aliphatic carbocycles. The number of H-pyrrole nitrogens is 1. The first-order valence-corrected chi connectivity index (χ1v) is 14.3. The Morgan fingerprint density at radius 1 is 1.07 bits per heavy atom. The third kappa shape index (κ3) is 4.70. The number of hydrogen-bond donors (Lipinski definition) is 1. The molecule has 0 saturated carbocycles. The summed E-state index contributed by atoms with van der Waals surface area (Å²) in [6.45, 7) is 7.19. The summed E-state index contributed by atoms with van der Waals surface area (Å²) in [6.07, 6.45) is 1.71. The molecule has 0 radical (unpaired) electrons. The number of benzene rings is 2. The van der Waals surface area contributed by atoms with Gasteiger partial charge in [-0.3, -0.25) is 9.89 Å². The molecule has 0 atom stereocenters. The summed E-state index contributed by atoms with van der Waals surface area (Å²) in [5.74, 6) is 1.73. The molecule has 5 aromatic rings. The summed E-state index contributed by atoms with van der Waals surface area (Å²) < 4.78 is 11.0. The number of methoxy groups -OCH3 is 1. The Bertz CT molecular complexity index is 1640. The molecule has 1 saturated heterocycles. The fraction of sp³-hybridized carbons (Fsp3) is 0.290. The van der Waals surface area contributed by atoms with Gasteiger partial charge in [0.25, 0.3) is 5.91 Å². The van der Waals surface area contributed by atoms with E-state index in [9.17, 15) is 4.79 Å². The lowest BCUT2D eigenvalue weighted by atomic mass is 9.94. The molecule has 0 spiro atoms. The molecule has 0 unspecified atom stereocenters. The molecule has 9 heteroatoms. The number of aromatic amines is 1. The van der Waals surface area contributed by atoms with Crippen molar-refractivity contribution < 1.29 is 14.1 Å². The van der Waals surface area contributed by atoms with Crippen LogP contribution in [0.3, 0.4) is 0 Å². The van der Waals surface area contributed by atoms with Crippen molar-refractivity contribution in [2.45, 2.75) is 39.5 Å². The summed E-state index contributed by atoms with van der Waals surface area (Å²) in [5, 5.41) is 14.9. The fourth-order valence-electron chi connectivity index (χ4n) is 5.55. The number of carbonyl (C=O) groups is 1. The van der Waals surface area contributed by atoms with E-state index in [-0.39, 0.29) is 5.91 Å². The Kier molecular flexibility index (Phi) is 6.98. The number of piperidine rings is 1. The lowest BCUT2D eigenvalue weighted by Crippen LogP contribution is -2.38. The van der Waals surface area contributed by atoms with Crippen molar-refractivity contribution in [2.75, 3.05) is 20.2 Å². The maximum absolute atomic E-state index is 13.8. The molecule has 8 nitrogen and oxygen atoms in total. The highest BCUT2D eigenvalue weighted by molar-refractivity contribution is 7.10. The highest BCUT2D eigenvalue weighted by atomic mass is 32.1. The van der Waals surface area contributed by atoms with Crippen molar-refractivity contribution >= 4 is 17.2 Å². The van der Waals surface area contributed by atoms with Gasteiger partial charge in [-0.2, -0.15) is 5.10 Å². The van der Waals surface area contributed by atoms with E-state index in [2.05, 4.69) is 20.7 Å². The highest BCUT2D eigenvalue weighted by Gasteiger charge is 2.29. The number of nitrogens with one attached hydrogen (secondary N) is 1. The van der Waals surface area contributed by atoms with Crippen molar-refractivity contribution in [1.82, 2.24) is 25.2 Å². The van der Waals surface area contributed by atoms with Crippen LogP contribution in [0.4, 0.5) is 0 Å². The zero-order valence-electron chi connectivity index (χ0n) is 23.0. The molecular formula is C31H31N5O3S. The fourth-order valence-corrected chi connectivity index (χ4v) is 6.53. The van der Waals surface area contributed by atoms with E-state index in [0.717, 1.165) is 68.6 Å². The van der Waals surface area contributed by atoms with Crippen LogP contribution in [-0.4, -0.2) is 51.3 Å². The van der Waals surface area contributed by atoms with E-state index in [4.69, 9.17) is 14.2 Å².